The van der Waals surface area contributed by atoms with Gasteiger partial charge in [-0.15, -0.1) is 0 Å². The summed E-state index contributed by atoms with van der Waals surface area (Å²) in [7, 11) is 0. The van der Waals surface area contributed by atoms with Crippen LogP contribution in [0.15, 0.2) is 42.0 Å². The van der Waals surface area contributed by atoms with Gasteiger partial charge in [0, 0.05) is 13.1 Å². The molecule has 4 aliphatic carbocycles. The van der Waals surface area contributed by atoms with Gasteiger partial charge in [0.2, 0.25) is 5.91 Å². The molecule has 1 amide bonds. The molecule has 1 aromatic rings. The summed E-state index contributed by atoms with van der Waals surface area (Å²) in [6, 6.07) is 11.1. The second-order valence-electron chi connectivity index (χ2n) is 10.4. The lowest BCUT2D eigenvalue weighted by molar-refractivity contribution is -0.157. The summed E-state index contributed by atoms with van der Waals surface area (Å²) in [5.74, 6) is 2.13. The molecule has 0 spiro atoms. The molecule has 156 valence electrons. The minimum atomic E-state index is -0.150. The van der Waals surface area contributed by atoms with Gasteiger partial charge in [0.1, 0.15) is 0 Å². The average molecular weight is 393 g/mol. The van der Waals surface area contributed by atoms with Gasteiger partial charge >= 0.3 is 0 Å². The molecular weight excluding hydrogens is 356 g/mol. The van der Waals surface area contributed by atoms with Crippen LogP contribution in [0.2, 0.25) is 0 Å². The maximum Gasteiger partial charge on any atom is 0.228 e. The minimum Gasteiger partial charge on any atom is -0.342 e. The zero-order chi connectivity index (χ0) is 20.1. The number of benzene rings is 1. The summed E-state index contributed by atoms with van der Waals surface area (Å²) < 4.78 is 0. The first-order valence-electron chi connectivity index (χ1n) is 11.8. The van der Waals surface area contributed by atoms with Crippen LogP contribution in [-0.4, -0.2) is 30.4 Å². The summed E-state index contributed by atoms with van der Waals surface area (Å²) in [4.78, 5) is 16.2. The fourth-order valence-electron chi connectivity index (χ4n) is 7.66. The van der Waals surface area contributed by atoms with Crippen molar-refractivity contribution in [2.75, 3.05) is 19.6 Å². The van der Waals surface area contributed by atoms with Crippen molar-refractivity contribution < 1.29 is 4.79 Å². The first-order valence-corrected chi connectivity index (χ1v) is 11.8. The fraction of sp³-hybridized carbons (Fsp3) is 0.654. The number of carbonyl (C=O) groups excluding carboxylic acids is 1. The minimum absolute atomic E-state index is 0.150. The number of carbonyl (C=O) groups is 1. The summed E-state index contributed by atoms with van der Waals surface area (Å²) >= 11 is 0. The largest absolute Gasteiger partial charge is 0.342 e. The number of allylic oxidation sites excluding steroid dienone is 2. The predicted molar refractivity (Wildman–Crippen MR) is 117 cm³/mol. The molecule has 4 saturated carbocycles. The van der Waals surface area contributed by atoms with Gasteiger partial charge in [0.25, 0.3) is 0 Å². The number of hydrogen-bond acceptors (Lipinski definition) is 2. The van der Waals surface area contributed by atoms with Crippen molar-refractivity contribution >= 4 is 5.91 Å². The molecular formula is C26H36N2O. The van der Waals surface area contributed by atoms with Crippen molar-refractivity contribution in [3.8, 4) is 0 Å². The molecule has 2 N–H and O–H groups in total. The van der Waals surface area contributed by atoms with Gasteiger partial charge in [0.05, 0.1) is 5.41 Å². The van der Waals surface area contributed by atoms with Crippen LogP contribution < -0.4 is 5.73 Å². The normalized spacial score (nSPS) is 38.3. The maximum atomic E-state index is 14.0. The Labute approximate surface area is 175 Å². The Balaban J connectivity index is 1.51. The Morgan fingerprint density at radius 2 is 1.90 bits per heavy atom. The summed E-state index contributed by atoms with van der Waals surface area (Å²) in [6.45, 7) is 4.77. The Morgan fingerprint density at radius 1 is 1.17 bits per heavy atom. The number of nitrogens with two attached hydrogens (primary N) is 1. The highest BCUT2D eigenvalue weighted by Gasteiger charge is 2.63. The average Bonchev–Trinajstić information content (AvgIpc) is 2.76. The monoisotopic (exact) mass is 392 g/mol. The van der Waals surface area contributed by atoms with Gasteiger partial charge in [-0.05, 0) is 86.6 Å². The highest BCUT2D eigenvalue weighted by molar-refractivity contribution is 5.84. The molecule has 3 nitrogen and oxygen atoms in total. The SMILES string of the molecule is CCC=C1C2CC3(C(=O)N4CCC[C@H](CN)C4)CC1CC(c1ccccc1)(C2)C3. The van der Waals surface area contributed by atoms with E-state index in [0.29, 0.717) is 30.2 Å². The van der Waals surface area contributed by atoms with Gasteiger partial charge in [0.15, 0.2) is 0 Å². The number of amides is 1. The van der Waals surface area contributed by atoms with E-state index in [1.165, 1.54) is 24.8 Å². The van der Waals surface area contributed by atoms with Crippen LogP contribution in [0, 0.1) is 23.2 Å². The van der Waals surface area contributed by atoms with E-state index in [0.717, 1.165) is 45.2 Å². The summed E-state index contributed by atoms with van der Waals surface area (Å²) in [6.07, 6.45) is 11.6. The van der Waals surface area contributed by atoms with Crippen LogP contribution in [0.4, 0.5) is 0 Å². The van der Waals surface area contributed by atoms with Crippen molar-refractivity contribution in [2.45, 2.75) is 63.7 Å². The van der Waals surface area contributed by atoms with Crippen LogP contribution in [0.3, 0.4) is 0 Å². The van der Waals surface area contributed by atoms with E-state index in [1.807, 2.05) is 0 Å². The lowest BCUT2D eigenvalue weighted by Crippen LogP contribution is -2.61. The van der Waals surface area contributed by atoms with Crippen LogP contribution in [0.1, 0.15) is 63.9 Å². The highest BCUT2D eigenvalue weighted by Crippen LogP contribution is 2.67. The third-order valence-electron chi connectivity index (χ3n) is 8.59. The fourth-order valence-corrected chi connectivity index (χ4v) is 7.66. The van der Waals surface area contributed by atoms with Crippen molar-refractivity contribution in [1.29, 1.82) is 0 Å². The molecule has 1 heterocycles. The van der Waals surface area contributed by atoms with Crippen molar-refractivity contribution in [3.05, 3.63) is 47.5 Å². The number of rotatable bonds is 4. The van der Waals surface area contributed by atoms with Crippen LogP contribution in [-0.2, 0) is 10.2 Å². The zero-order valence-electron chi connectivity index (χ0n) is 17.9. The summed E-state index contributed by atoms with van der Waals surface area (Å²) in [5.41, 5.74) is 9.17. The Hall–Kier alpha value is -1.61. The molecule has 3 heteroatoms. The van der Waals surface area contributed by atoms with Gasteiger partial charge in [-0.3, -0.25) is 4.79 Å². The van der Waals surface area contributed by atoms with E-state index >= 15 is 0 Å². The molecule has 2 unspecified atom stereocenters. The number of likely N-dealkylation sites (tertiary alicyclic amines) is 1. The van der Waals surface area contributed by atoms with Crippen LogP contribution in [0.5, 0.6) is 0 Å². The standard InChI is InChI=1S/C26H36N2O/c1-2-7-23-20-12-25(22-9-4-3-5-10-22)13-21(23)15-26(14-20,18-25)24(29)28-11-6-8-19(16-27)17-28/h3-5,7,9-10,19-21H,2,6,8,11-18,27H2,1H3/t19-,20?,21?,25?,26?/m1/s1. The van der Waals surface area contributed by atoms with E-state index < -0.39 is 0 Å². The highest BCUT2D eigenvalue weighted by atomic mass is 16.2. The first-order chi connectivity index (χ1) is 14.1. The van der Waals surface area contributed by atoms with Crippen LogP contribution >= 0.6 is 0 Å². The van der Waals surface area contributed by atoms with Gasteiger partial charge in [-0.1, -0.05) is 48.9 Å². The molecule has 1 aromatic carbocycles. The number of hydrogen-bond donors (Lipinski definition) is 1. The molecule has 1 aliphatic heterocycles. The maximum absolute atomic E-state index is 14.0. The van der Waals surface area contributed by atoms with Gasteiger partial charge in [-0.2, -0.15) is 0 Å². The molecule has 0 aromatic heterocycles. The van der Waals surface area contributed by atoms with E-state index in [-0.39, 0.29) is 10.8 Å². The molecule has 0 radical (unpaired) electrons. The third kappa shape index (κ3) is 3.08. The Morgan fingerprint density at radius 3 is 2.55 bits per heavy atom. The van der Waals surface area contributed by atoms with Crippen LogP contribution in [0.25, 0.3) is 0 Å². The van der Waals surface area contributed by atoms with E-state index in [9.17, 15) is 4.79 Å². The van der Waals surface area contributed by atoms with E-state index in [4.69, 9.17) is 5.73 Å². The predicted octanol–water partition coefficient (Wildman–Crippen LogP) is 4.67. The molecule has 5 fully saturated rings. The van der Waals surface area contributed by atoms with Crippen molar-refractivity contribution in [1.82, 2.24) is 4.90 Å². The van der Waals surface area contributed by atoms with E-state index in [2.05, 4.69) is 48.2 Å². The second kappa shape index (κ2) is 7.27. The molecule has 3 atom stereocenters. The molecule has 1 saturated heterocycles. The number of nitrogens with zero attached hydrogens (tertiary/aromatic N) is 1. The van der Waals surface area contributed by atoms with Gasteiger partial charge in [-0.25, -0.2) is 0 Å². The topological polar surface area (TPSA) is 46.3 Å². The second-order valence-corrected chi connectivity index (χ2v) is 10.4. The third-order valence-corrected chi connectivity index (χ3v) is 8.59. The van der Waals surface area contributed by atoms with Gasteiger partial charge < -0.3 is 10.6 Å². The smallest absolute Gasteiger partial charge is 0.228 e. The summed E-state index contributed by atoms with van der Waals surface area (Å²) in [5, 5.41) is 0. The molecule has 4 bridgehead atoms. The van der Waals surface area contributed by atoms with Crippen molar-refractivity contribution in [2.24, 2.45) is 28.9 Å². The Kier molecular flexibility index (Phi) is 4.85. The van der Waals surface area contributed by atoms with E-state index in [1.54, 1.807) is 5.57 Å². The lowest BCUT2D eigenvalue weighted by Gasteiger charge is -2.63. The van der Waals surface area contributed by atoms with Crippen molar-refractivity contribution in [3.63, 3.8) is 0 Å². The first kappa shape index (κ1) is 19.4. The quantitative estimate of drug-likeness (QED) is 0.757. The lowest BCUT2D eigenvalue weighted by atomic mass is 9.41. The molecule has 6 rings (SSSR count). The Bertz CT molecular complexity index is 780. The zero-order valence-corrected chi connectivity index (χ0v) is 17.9. The molecule has 5 aliphatic rings. The molecule has 29 heavy (non-hydrogen) atoms. The number of piperidine rings is 1.